The largest absolute Gasteiger partial charge is 0.394 e. The molecule has 0 saturated carbocycles. The van der Waals surface area contributed by atoms with Gasteiger partial charge in [0, 0.05) is 30.8 Å². The molecule has 0 saturated heterocycles. The van der Waals surface area contributed by atoms with Gasteiger partial charge in [-0.3, -0.25) is 4.68 Å². The van der Waals surface area contributed by atoms with Gasteiger partial charge in [0.15, 0.2) is 0 Å². The molecule has 0 aliphatic heterocycles. The van der Waals surface area contributed by atoms with Crippen LogP contribution < -0.4 is 5.32 Å². The Bertz CT molecular complexity index is 340. The third-order valence-electron chi connectivity index (χ3n) is 2.47. The summed E-state index contributed by atoms with van der Waals surface area (Å²) in [5.41, 5.74) is 1.11. The number of nitrogens with one attached hydrogen (secondary N) is 1. The Labute approximate surface area is 96.7 Å². The second-order valence-electron chi connectivity index (χ2n) is 3.73. The molecule has 88 valence electrons. The minimum Gasteiger partial charge on any atom is -0.394 e. The van der Waals surface area contributed by atoms with E-state index in [4.69, 9.17) is 11.5 Å². The van der Waals surface area contributed by atoms with Gasteiger partial charge >= 0.3 is 0 Å². The molecule has 0 aliphatic rings. The lowest BCUT2D eigenvalue weighted by Crippen LogP contribution is -2.27. The van der Waals surface area contributed by atoms with E-state index < -0.39 is 0 Å². The van der Waals surface area contributed by atoms with Gasteiger partial charge in [-0.1, -0.05) is 6.92 Å². The molecule has 1 aromatic rings. The monoisotopic (exact) mass is 221 g/mol. The summed E-state index contributed by atoms with van der Waals surface area (Å²) >= 11 is 0. The highest BCUT2D eigenvalue weighted by Gasteiger charge is 2.04. The maximum Gasteiger partial charge on any atom is 0.0640 e. The molecule has 0 spiro atoms. The second-order valence-corrected chi connectivity index (χ2v) is 3.73. The van der Waals surface area contributed by atoms with Crippen LogP contribution in [0.15, 0.2) is 12.4 Å². The molecule has 0 aromatic carbocycles. The Morgan fingerprint density at radius 1 is 1.69 bits per heavy atom. The summed E-state index contributed by atoms with van der Waals surface area (Å²) in [7, 11) is 0. The van der Waals surface area contributed by atoms with Crippen molar-refractivity contribution in [3.05, 3.63) is 18.0 Å². The van der Waals surface area contributed by atoms with E-state index in [2.05, 4.69) is 23.3 Å². The predicted octanol–water partition coefficient (Wildman–Crippen LogP) is 0.767. The van der Waals surface area contributed by atoms with Gasteiger partial charge in [-0.25, -0.2) is 0 Å². The van der Waals surface area contributed by atoms with Gasteiger partial charge in [0.1, 0.15) is 0 Å². The number of hydrogen-bond acceptors (Lipinski definition) is 3. The zero-order valence-electron chi connectivity index (χ0n) is 9.69. The van der Waals surface area contributed by atoms with Crippen molar-refractivity contribution in [1.82, 2.24) is 15.1 Å². The summed E-state index contributed by atoms with van der Waals surface area (Å²) in [6.45, 7) is 3.54. The van der Waals surface area contributed by atoms with Gasteiger partial charge in [-0.2, -0.15) is 5.10 Å². The van der Waals surface area contributed by atoms with Crippen molar-refractivity contribution in [3.63, 3.8) is 0 Å². The second kappa shape index (κ2) is 7.04. The van der Waals surface area contributed by atoms with Gasteiger partial charge in [0.05, 0.1) is 19.3 Å². The van der Waals surface area contributed by atoms with Crippen LogP contribution >= 0.6 is 0 Å². The van der Waals surface area contributed by atoms with Gasteiger partial charge in [-0.05, 0) is 6.42 Å². The molecule has 4 heteroatoms. The lowest BCUT2D eigenvalue weighted by molar-refractivity contribution is 0.269. The summed E-state index contributed by atoms with van der Waals surface area (Å²) in [6, 6.07) is 0.367. The lowest BCUT2D eigenvalue weighted by atomic mass is 10.1. The van der Waals surface area contributed by atoms with E-state index in [0.717, 1.165) is 24.9 Å². The van der Waals surface area contributed by atoms with Crippen molar-refractivity contribution in [3.8, 4) is 12.3 Å². The molecule has 1 rings (SSSR count). The Balaban J connectivity index is 2.38. The van der Waals surface area contributed by atoms with E-state index in [1.807, 2.05) is 12.4 Å². The Hall–Kier alpha value is -1.31. The normalized spacial score (nSPS) is 12.3. The maximum atomic E-state index is 8.76. The van der Waals surface area contributed by atoms with E-state index in [0.29, 0.717) is 12.6 Å². The first-order valence-electron chi connectivity index (χ1n) is 5.59. The van der Waals surface area contributed by atoms with Crippen molar-refractivity contribution < 1.29 is 5.11 Å². The van der Waals surface area contributed by atoms with Gasteiger partial charge in [0.2, 0.25) is 0 Å². The van der Waals surface area contributed by atoms with Crippen molar-refractivity contribution in [2.75, 3.05) is 6.61 Å². The topological polar surface area (TPSA) is 50.1 Å². The van der Waals surface area contributed by atoms with Crippen LogP contribution in [-0.4, -0.2) is 27.5 Å². The number of aliphatic hydroxyl groups is 1. The van der Waals surface area contributed by atoms with Crippen LogP contribution in [0.2, 0.25) is 0 Å². The first-order valence-corrected chi connectivity index (χ1v) is 5.59. The van der Waals surface area contributed by atoms with E-state index in [1.54, 1.807) is 4.68 Å². The van der Waals surface area contributed by atoms with E-state index >= 15 is 0 Å². The van der Waals surface area contributed by atoms with Gasteiger partial charge < -0.3 is 10.4 Å². The fourth-order valence-corrected chi connectivity index (χ4v) is 1.49. The first-order chi connectivity index (χ1) is 7.80. The Morgan fingerprint density at radius 2 is 2.50 bits per heavy atom. The molecule has 1 unspecified atom stereocenters. The average Bonchev–Trinajstić information content (AvgIpc) is 2.72. The summed E-state index contributed by atoms with van der Waals surface area (Å²) in [5.74, 6) is 2.66. The highest BCUT2D eigenvalue weighted by atomic mass is 16.3. The predicted molar refractivity (Wildman–Crippen MR) is 63.7 cm³/mol. The standard InChI is InChI=1S/C12H19N3O/c1-3-5-12(4-2)13-8-11-9-14-15(10-11)6-7-16/h1,9-10,12-13,16H,4-8H2,2H3. The maximum absolute atomic E-state index is 8.76. The van der Waals surface area contributed by atoms with Crippen LogP contribution in [0.25, 0.3) is 0 Å². The van der Waals surface area contributed by atoms with E-state index in [1.165, 1.54) is 0 Å². The van der Waals surface area contributed by atoms with Gasteiger partial charge in [-0.15, -0.1) is 12.3 Å². The minimum atomic E-state index is 0.114. The Kier molecular flexibility index (Phi) is 5.62. The highest BCUT2D eigenvalue weighted by Crippen LogP contribution is 2.01. The molecule has 0 aliphatic carbocycles. The smallest absolute Gasteiger partial charge is 0.0640 e. The molecule has 0 fully saturated rings. The van der Waals surface area contributed by atoms with Crippen LogP contribution in [0.4, 0.5) is 0 Å². The molecule has 2 N–H and O–H groups in total. The fraction of sp³-hybridized carbons (Fsp3) is 0.583. The van der Waals surface area contributed by atoms with Crippen LogP contribution in [0.5, 0.6) is 0 Å². The number of hydrogen-bond donors (Lipinski definition) is 2. The average molecular weight is 221 g/mol. The number of rotatable bonds is 7. The molecular weight excluding hydrogens is 202 g/mol. The molecule has 1 aromatic heterocycles. The third kappa shape index (κ3) is 4.05. The minimum absolute atomic E-state index is 0.114. The number of terminal acetylenes is 1. The van der Waals surface area contributed by atoms with Crippen molar-refractivity contribution in [2.45, 2.75) is 38.9 Å². The summed E-state index contributed by atoms with van der Waals surface area (Å²) < 4.78 is 1.74. The zero-order valence-corrected chi connectivity index (χ0v) is 9.69. The molecule has 0 radical (unpaired) electrons. The SMILES string of the molecule is C#CCC(CC)NCc1cnn(CCO)c1. The van der Waals surface area contributed by atoms with Crippen molar-refractivity contribution in [2.24, 2.45) is 0 Å². The van der Waals surface area contributed by atoms with Crippen molar-refractivity contribution in [1.29, 1.82) is 0 Å². The number of nitrogens with zero attached hydrogens (tertiary/aromatic N) is 2. The van der Waals surface area contributed by atoms with Crippen LogP contribution in [0.3, 0.4) is 0 Å². The molecule has 1 atom stereocenters. The quantitative estimate of drug-likeness (QED) is 0.669. The Morgan fingerprint density at radius 3 is 3.12 bits per heavy atom. The lowest BCUT2D eigenvalue weighted by Gasteiger charge is -2.12. The fourth-order valence-electron chi connectivity index (χ4n) is 1.49. The summed E-state index contributed by atoms with van der Waals surface area (Å²) in [6.07, 6.45) is 10.8. The molecule has 16 heavy (non-hydrogen) atoms. The van der Waals surface area contributed by atoms with E-state index in [9.17, 15) is 0 Å². The zero-order chi connectivity index (χ0) is 11.8. The van der Waals surface area contributed by atoms with Gasteiger partial charge in [0.25, 0.3) is 0 Å². The first kappa shape index (κ1) is 12.8. The summed E-state index contributed by atoms with van der Waals surface area (Å²) in [5, 5.41) is 16.3. The molecule has 4 nitrogen and oxygen atoms in total. The molecular formula is C12H19N3O. The number of aliphatic hydroxyl groups excluding tert-OH is 1. The number of aromatic nitrogens is 2. The van der Waals surface area contributed by atoms with Crippen LogP contribution in [0, 0.1) is 12.3 Å². The molecule has 1 heterocycles. The van der Waals surface area contributed by atoms with E-state index in [-0.39, 0.29) is 6.61 Å². The molecule has 0 bridgehead atoms. The van der Waals surface area contributed by atoms with Crippen LogP contribution in [0.1, 0.15) is 25.3 Å². The highest BCUT2D eigenvalue weighted by molar-refractivity contribution is 5.04. The van der Waals surface area contributed by atoms with Crippen molar-refractivity contribution >= 4 is 0 Å². The summed E-state index contributed by atoms with van der Waals surface area (Å²) in [4.78, 5) is 0. The third-order valence-corrected chi connectivity index (χ3v) is 2.47. The van der Waals surface area contributed by atoms with Crippen LogP contribution in [-0.2, 0) is 13.1 Å². The molecule has 0 amide bonds.